The first-order chi connectivity index (χ1) is 20.0. The summed E-state index contributed by atoms with van der Waals surface area (Å²) in [4.78, 5) is 2.56. The number of hydrogen-bond acceptors (Lipinski definition) is 7. The van der Waals surface area contributed by atoms with E-state index in [1.54, 1.807) is 26.4 Å². The van der Waals surface area contributed by atoms with E-state index in [1.165, 1.54) is 32.4 Å². The van der Waals surface area contributed by atoms with Gasteiger partial charge >= 0.3 is 0 Å². The first-order valence-corrected chi connectivity index (χ1v) is 14.9. The minimum atomic E-state index is -1.75. The van der Waals surface area contributed by atoms with Gasteiger partial charge in [-0.25, -0.2) is 0 Å². The summed E-state index contributed by atoms with van der Waals surface area (Å²) < 4.78 is 24.1. The maximum atomic E-state index is 12.6. The number of benzene rings is 3. The van der Waals surface area contributed by atoms with Gasteiger partial charge in [0.05, 0.1) is 32.5 Å². The monoisotopic (exact) mass is 559 g/mol. The third kappa shape index (κ3) is 4.74. The Kier molecular flexibility index (Phi) is 7.86. The van der Waals surface area contributed by atoms with Crippen LogP contribution in [0.1, 0.15) is 61.1 Å². The largest absolute Gasteiger partial charge is 0.496 e. The number of fused-ring (bicyclic) bond motifs is 3. The molecule has 7 heteroatoms. The number of piperidine rings is 1. The van der Waals surface area contributed by atoms with Gasteiger partial charge in [-0.15, -0.1) is 0 Å². The van der Waals surface area contributed by atoms with Crippen LogP contribution in [0.15, 0.2) is 66.7 Å². The zero-order valence-corrected chi connectivity index (χ0v) is 24.1. The van der Waals surface area contributed by atoms with Crippen LogP contribution in [0.2, 0.25) is 0 Å². The Labute approximate surface area is 242 Å². The van der Waals surface area contributed by atoms with E-state index < -0.39 is 17.3 Å². The molecule has 2 fully saturated rings. The Morgan fingerprint density at radius 2 is 1.66 bits per heavy atom. The van der Waals surface area contributed by atoms with Gasteiger partial charge in [0.25, 0.3) is 0 Å². The quantitative estimate of drug-likeness (QED) is 0.323. The molecule has 3 aromatic carbocycles. The number of hydrogen-bond donors (Lipinski definition) is 2. The molecule has 2 aliphatic heterocycles. The first kappa shape index (κ1) is 27.9. The van der Waals surface area contributed by atoms with Crippen molar-refractivity contribution in [2.75, 3.05) is 40.5 Å². The summed E-state index contributed by atoms with van der Waals surface area (Å²) in [5.74, 6) is 1.86. The van der Waals surface area contributed by atoms with E-state index in [1.807, 2.05) is 54.6 Å². The molecule has 7 nitrogen and oxygen atoms in total. The number of methoxy groups -OCH3 is 2. The molecule has 0 unspecified atom stereocenters. The molecule has 218 valence electrons. The highest BCUT2D eigenvalue weighted by Crippen LogP contribution is 2.68. The van der Waals surface area contributed by atoms with Crippen molar-refractivity contribution in [2.24, 2.45) is 0 Å². The summed E-state index contributed by atoms with van der Waals surface area (Å²) in [7, 11) is 3.13. The lowest BCUT2D eigenvalue weighted by atomic mass is 9.71. The van der Waals surface area contributed by atoms with Crippen molar-refractivity contribution in [3.05, 3.63) is 83.4 Å². The zero-order chi connectivity index (χ0) is 28.5. The van der Waals surface area contributed by atoms with Gasteiger partial charge < -0.3 is 34.1 Å². The van der Waals surface area contributed by atoms with Crippen LogP contribution >= 0.6 is 0 Å². The highest BCUT2D eigenvalue weighted by Gasteiger charge is 2.73. The van der Waals surface area contributed by atoms with E-state index in [0.717, 1.165) is 36.3 Å². The van der Waals surface area contributed by atoms with Gasteiger partial charge in [-0.3, -0.25) is 0 Å². The lowest BCUT2D eigenvalue weighted by molar-refractivity contribution is -0.150. The minimum Gasteiger partial charge on any atom is -0.496 e. The summed E-state index contributed by atoms with van der Waals surface area (Å²) in [6.45, 7) is 4.24. The number of aliphatic hydroxyl groups excluding tert-OH is 1. The van der Waals surface area contributed by atoms with Crippen LogP contribution in [-0.4, -0.2) is 61.7 Å². The van der Waals surface area contributed by atoms with Crippen molar-refractivity contribution in [2.45, 2.75) is 61.7 Å². The standard InChI is InChI=1S/C34H41NO6/c1-38-27-21-29(39-2)32-30(22-27)41-34(28(23-31(36)33(32,34)37)24-11-5-3-6-12-24)25-13-15-26(16-14-25)40-20-10-9-19-35-17-7-4-8-18-35/h3,5-6,11-16,21-22,28,31,36-37H,4,7-10,17-20,23H2,1-2H3/t28-,31+,33+,34-/m0/s1. The number of nitrogens with zero attached hydrogens (tertiary/aromatic N) is 1. The summed E-state index contributed by atoms with van der Waals surface area (Å²) in [6, 6.07) is 21.2. The minimum absolute atomic E-state index is 0.324. The SMILES string of the molecule is COc1cc(OC)c2c(c1)O[C@@]1(c3ccc(OCCCCN4CCCCC4)cc3)[C@H](c3ccccc3)C[C@@H](O)[C@@]21O. The molecule has 0 spiro atoms. The van der Waals surface area contributed by atoms with Crippen molar-refractivity contribution in [3.63, 3.8) is 0 Å². The van der Waals surface area contributed by atoms with Crippen molar-refractivity contribution in [3.8, 4) is 23.0 Å². The Morgan fingerprint density at radius 3 is 2.37 bits per heavy atom. The van der Waals surface area contributed by atoms with Gasteiger partial charge in [-0.05, 0) is 75.0 Å². The van der Waals surface area contributed by atoms with Gasteiger partial charge in [-0.2, -0.15) is 0 Å². The average Bonchev–Trinajstić information content (AvgIpc) is 3.42. The Hall–Kier alpha value is -3.26. The number of ether oxygens (including phenoxy) is 4. The van der Waals surface area contributed by atoms with E-state index in [4.69, 9.17) is 18.9 Å². The highest BCUT2D eigenvalue weighted by atomic mass is 16.5. The van der Waals surface area contributed by atoms with E-state index in [0.29, 0.717) is 35.8 Å². The molecule has 6 rings (SSSR count). The lowest BCUT2D eigenvalue weighted by Crippen LogP contribution is -2.52. The Bertz CT molecular complexity index is 1330. The van der Waals surface area contributed by atoms with Crippen LogP contribution in [0.5, 0.6) is 23.0 Å². The molecule has 2 N–H and O–H groups in total. The van der Waals surface area contributed by atoms with Crippen LogP contribution in [0, 0.1) is 0 Å². The Balaban J connectivity index is 1.29. The van der Waals surface area contributed by atoms with Crippen LogP contribution in [0.3, 0.4) is 0 Å². The summed E-state index contributed by atoms with van der Waals surface area (Å²) in [5.41, 5.74) is -0.851. The van der Waals surface area contributed by atoms with Gasteiger partial charge in [0.1, 0.15) is 23.0 Å². The molecule has 3 aliphatic rings. The first-order valence-electron chi connectivity index (χ1n) is 14.9. The molecule has 0 bridgehead atoms. The molecule has 1 saturated carbocycles. The molecule has 1 aliphatic carbocycles. The van der Waals surface area contributed by atoms with Crippen LogP contribution in [0.25, 0.3) is 0 Å². The second kappa shape index (κ2) is 11.6. The van der Waals surface area contributed by atoms with Gasteiger partial charge in [0.2, 0.25) is 0 Å². The van der Waals surface area contributed by atoms with E-state index in [-0.39, 0.29) is 5.92 Å². The molecule has 2 heterocycles. The lowest BCUT2D eigenvalue weighted by Gasteiger charge is -2.40. The second-order valence-corrected chi connectivity index (χ2v) is 11.5. The number of likely N-dealkylation sites (tertiary alicyclic amines) is 1. The fourth-order valence-corrected chi connectivity index (χ4v) is 7.19. The fourth-order valence-electron chi connectivity index (χ4n) is 7.19. The normalized spacial score (nSPS) is 27.1. The molecule has 0 radical (unpaired) electrons. The number of unbranched alkanes of at least 4 members (excludes halogenated alkanes) is 1. The maximum absolute atomic E-state index is 12.6. The summed E-state index contributed by atoms with van der Waals surface area (Å²) >= 11 is 0. The molecular formula is C34H41NO6. The van der Waals surface area contributed by atoms with Crippen molar-refractivity contribution >= 4 is 0 Å². The summed E-state index contributed by atoms with van der Waals surface area (Å²) in [6.07, 6.45) is 5.36. The van der Waals surface area contributed by atoms with E-state index in [9.17, 15) is 10.2 Å². The van der Waals surface area contributed by atoms with E-state index >= 15 is 0 Å². The summed E-state index contributed by atoms with van der Waals surface area (Å²) in [5, 5.41) is 24.2. The average molecular weight is 560 g/mol. The third-order valence-electron chi connectivity index (χ3n) is 9.22. The molecular weight excluding hydrogens is 518 g/mol. The maximum Gasteiger partial charge on any atom is 0.176 e. The number of rotatable bonds is 10. The predicted octanol–water partition coefficient (Wildman–Crippen LogP) is 5.37. The number of aliphatic hydroxyl groups is 2. The fraction of sp³-hybridized carbons (Fsp3) is 0.471. The van der Waals surface area contributed by atoms with Crippen LogP contribution in [0.4, 0.5) is 0 Å². The zero-order valence-electron chi connectivity index (χ0n) is 24.1. The molecule has 0 aromatic heterocycles. The highest BCUT2D eigenvalue weighted by molar-refractivity contribution is 5.62. The van der Waals surface area contributed by atoms with Crippen molar-refractivity contribution in [1.29, 1.82) is 0 Å². The van der Waals surface area contributed by atoms with Crippen molar-refractivity contribution < 1.29 is 29.2 Å². The van der Waals surface area contributed by atoms with Crippen LogP contribution in [-0.2, 0) is 11.2 Å². The van der Waals surface area contributed by atoms with Gasteiger partial charge in [0, 0.05) is 18.1 Å². The van der Waals surface area contributed by atoms with E-state index in [2.05, 4.69) is 4.90 Å². The third-order valence-corrected chi connectivity index (χ3v) is 9.22. The Morgan fingerprint density at radius 1 is 0.902 bits per heavy atom. The molecule has 4 atom stereocenters. The van der Waals surface area contributed by atoms with Crippen molar-refractivity contribution in [1.82, 2.24) is 4.90 Å². The van der Waals surface area contributed by atoms with Crippen LogP contribution < -0.4 is 18.9 Å². The predicted molar refractivity (Wildman–Crippen MR) is 157 cm³/mol. The molecule has 0 amide bonds. The molecule has 41 heavy (non-hydrogen) atoms. The smallest absolute Gasteiger partial charge is 0.176 e. The van der Waals surface area contributed by atoms with Gasteiger partial charge in [-0.1, -0.05) is 48.9 Å². The van der Waals surface area contributed by atoms with Gasteiger partial charge in [0.15, 0.2) is 11.2 Å². The topological polar surface area (TPSA) is 80.6 Å². The second-order valence-electron chi connectivity index (χ2n) is 11.5. The molecule has 3 aromatic rings. The molecule has 1 saturated heterocycles.